The Kier molecular flexibility index (Phi) is 5.40. The van der Waals surface area contributed by atoms with E-state index in [0.29, 0.717) is 41.6 Å². The lowest BCUT2D eigenvalue weighted by atomic mass is 9.83. The van der Waals surface area contributed by atoms with Crippen molar-refractivity contribution in [1.82, 2.24) is 23.8 Å². The second kappa shape index (κ2) is 8.17. The highest BCUT2D eigenvalue weighted by atomic mass is 32.2. The topological polar surface area (TPSA) is 125 Å². The number of alkyl halides is 1. The molecular formula is C23H25FN6O3S. The molecule has 1 aliphatic rings. The molecule has 0 saturated carbocycles. The number of rotatable bonds is 6. The number of amides is 1. The predicted octanol–water partition coefficient (Wildman–Crippen LogP) is 2.09. The number of primary amides is 1. The molecular weight excluding hydrogens is 459 g/mol. The maximum atomic E-state index is 15.6. The summed E-state index contributed by atoms with van der Waals surface area (Å²) in [6.45, 7) is 2.67. The average Bonchev–Trinajstić information content (AvgIpc) is 3.41. The largest absolute Gasteiger partial charge is 0.369 e. The number of carbonyl (C=O) groups is 1. The molecule has 11 heteroatoms. The average molecular weight is 485 g/mol. The van der Waals surface area contributed by atoms with Crippen molar-refractivity contribution in [3.8, 4) is 0 Å². The van der Waals surface area contributed by atoms with Crippen molar-refractivity contribution >= 4 is 38.0 Å². The molecule has 1 aromatic carbocycles. The van der Waals surface area contributed by atoms with Crippen molar-refractivity contribution in [3.63, 3.8) is 0 Å². The molecule has 1 amide bonds. The Bertz CT molecular complexity index is 1500. The number of piperidine rings is 1. The summed E-state index contributed by atoms with van der Waals surface area (Å²) in [5.74, 6) is -0.234. The fourth-order valence-corrected chi connectivity index (χ4v) is 6.34. The maximum absolute atomic E-state index is 15.6. The van der Waals surface area contributed by atoms with Gasteiger partial charge < -0.3 is 15.6 Å². The van der Waals surface area contributed by atoms with Crippen molar-refractivity contribution in [2.24, 2.45) is 5.73 Å². The van der Waals surface area contributed by atoms with E-state index in [4.69, 9.17) is 5.73 Å². The van der Waals surface area contributed by atoms with Gasteiger partial charge in [-0.15, -0.1) is 0 Å². The summed E-state index contributed by atoms with van der Waals surface area (Å²) in [5, 5.41) is 3.59. The van der Waals surface area contributed by atoms with Crippen LogP contribution in [0.5, 0.6) is 0 Å². The van der Waals surface area contributed by atoms with E-state index in [9.17, 15) is 13.2 Å². The van der Waals surface area contributed by atoms with Gasteiger partial charge in [0, 0.05) is 18.1 Å². The number of carbonyl (C=O) groups excluding carboxylic acids is 1. The van der Waals surface area contributed by atoms with Crippen LogP contribution in [-0.4, -0.2) is 52.1 Å². The summed E-state index contributed by atoms with van der Waals surface area (Å²) in [6, 6.07) is 9.73. The zero-order valence-corrected chi connectivity index (χ0v) is 19.4. The number of pyridine rings is 1. The van der Waals surface area contributed by atoms with Gasteiger partial charge in [0.1, 0.15) is 17.5 Å². The van der Waals surface area contributed by atoms with E-state index in [2.05, 4.69) is 15.3 Å². The van der Waals surface area contributed by atoms with Crippen LogP contribution in [0, 0.1) is 0 Å². The van der Waals surface area contributed by atoms with E-state index in [0.717, 1.165) is 3.97 Å². The van der Waals surface area contributed by atoms with Crippen LogP contribution in [0.3, 0.4) is 0 Å². The number of fused-ring (bicyclic) bond motifs is 3. The van der Waals surface area contributed by atoms with Gasteiger partial charge >= 0.3 is 0 Å². The quantitative estimate of drug-likeness (QED) is 0.432. The number of hydrogen-bond donors (Lipinski definition) is 2. The molecule has 0 radical (unpaired) electrons. The smallest absolute Gasteiger partial charge is 0.269 e. The minimum absolute atomic E-state index is 0.129. The third-order valence-corrected chi connectivity index (χ3v) is 8.38. The lowest BCUT2D eigenvalue weighted by Crippen LogP contribution is -2.53. The van der Waals surface area contributed by atoms with Gasteiger partial charge in [-0.25, -0.2) is 26.7 Å². The highest BCUT2D eigenvalue weighted by molar-refractivity contribution is 7.90. The van der Waals surface area contributed by atoms with Crippen LogP contribution in [0.4, 0.5) is 4.39 Å². The summed E-state index contributed by atoms with van der Waals surface area (Å²) in [7, 11) is -3.91. The van der Waals surface area contributed by atoms with Crippen LogP contribution >= 0.6 is 0 Å². The zero-order chi connectivity index (χ0) is 24.1. The first-order chi connectivity index (χ1) is 16.3. The Balaban J connectivity index is 1.82. The van der Waals surface area contributed by atoms with E-state index >= 15 is 4.39 Å². The van der Waals surface area contributed by atoms with Crippen LogP contribution in [-0.2, 0) is 26.8 Å². The molecule has 1 saturated heterocycles. The second-order valence-electron chi connectivity index (χ2n) is 8.54. The molecule has 5 rings (SSSR count). The number of aromatic nitrogens is 4. The minimum atomic E-state index is -3.91. The molecule has 0 unspecified atom stereocenters. The Morgan fingerprint density at radius 3 is 2.74 bits per heavy atom. The van der Waals surface area contributed by atoms with Gasteiger partial charge in [-0.3, -0.25) is 4.79 Å². The van der Waals surface area contributed by atoms with Gasteiger partial charge in [-0.05, 0) is 37.6 Å². The van der Waals surface area contributed by atoms with Gasteiger partial charge in [-0.1, -0.05) is 25.1 Å². The first kappa shape index (κ1) is 22.5. The lowest BCUT2D eigenvalue weighted by molar-refractivity contribution is -0.117. The van der Waals surface area contributed by atoms with Gasteiger partial charge in [-0.2, -0.15) is 0 Å². The number of nitrogens with zero attached hydrogens (tertiary/aromatic N) is 4. The second-order valence-corrected chi connectivity index (χ2v) is 10.4. The highest BCUT2D eigenvalue weighted by Crippen LogP contribution is 2.40. The summed E-state index contributed by atoms with van der Waals surface area (Å²) >= 11 is 0. The predicted molar refractivity (Wildman–Crippen MR) is 126 cm³/mol. The fraction of sp³-hybridized carbons (Fsp3) is 0.348. The first-order valence-electron chi connectivity index (χ1n) is 11.1. The third kappa shape index (κ3) is 3.30. The molecule has 4 aromatic rings. The molecule has 9 nitrogen and oxygen atoms in total. The lowest BCUT2D eigenvalue weighted by Gasteiger charge is -2.42. The molecule has 2 atom stereocenters. The van der Waals surface area contributed by atoms with Gasteiger partial charge in [0.15, 0.2) is 5.65 Å². The van der Waals surface area contributed by atoms with E-state index in [1.807, 2.05) is 6.92 Å². The van der Waals surface area contributed by atoms with Crippen molar-refractivity contribution in [1.29, 1.82) is 0 Å². The SMILES string of the molecule is CC[C@@]1(n2c(CC(N)=O)nc3cnc4c(ccn4S(=O)(=O)c4ccccc4)c32)CCNC[C@@H]1F. The molecule has 3 N–H and O–H groups in total. The van der Waals surface area contributed by atoms with Gasteiger partial charge in [0.05, 0.1) is 28.6 Å². The molecule has 1 fully saturated rings. The summed E-state index contributed by atoms with van der Waals surface area (Å²) < 4.78 is 45.1. The fourth-order valence-electron chi connectivity index (χ4n) is 5.02. The van der Waals surface area contributed by atoms with Crippen molar-refractivity contribution in [3.05, 3.63) is 54.6 Å². The van der Waals surface area contributed by atoms with E-state index < -0.39 is 27.6 Å². The molecule has 34 heavy (non-hydrogen) atoms. The van der Waals surface area contributed by atoms with Gasteiger partial charge in [0.2, 0.25) is 5.91 Å². The molecule has 1 aliphatic heterocycles. The van der Waals surface area contributed by atoms with Crippen LogP contribution in [0.2, 0.25) is 0 Å². The Hall–Kier alpha value is -3.31. The number of halogens is 1. The Morgan fingerprint density at radius 1 is 1.29 bits per heavy atom. The Morgan fingerprint density at radius 2 is 2.06 bits per heavy atom. The molecule has 0 bridgehead atoms. The van der Waals surface area contributed by atoms with Crippen molar-refractivity contribution in [2.45, 2.75) is 42.8 Å². The monoisotopic (exact) mass is 484 g/mol. The minimum Gasteiger partial charge on any atom is -0.369 e. The number of imidazole rings is 1. The molecule has 0 spiro atoms. The zero-order valence-electron chi connectivity index (χ0n) is 18.6. The molecule has 178 valence electrons. The number of nitrogens with one attached hydrogen (secondary N) is 1. The summed E-state index contributed by atoms with van der Waals surface area (Å²) in [4.78, 5) is 21.0. The van der Waals surface area contributed by atoms with Crippen LogP contribution in [0.1, 0.15) is 25.6 Å². The van der Waals surface area contributed by atoms with Crippen LogP contribution in [0.15, 0.2) is 53.7 Å². The number of hydrogen-bond acceptors (Lipinski definition) is 6. The summed E-state index contributed by atoms with van der Waals surface area (Å²) in [5.41, 5.74) is 5.76. The van der Waals surface area contributed by atoms with E-state index in [-0.39, 0.29) is 23.5 Å². The van der Waals surface area contributed by atoms with E-state index in [1.165, 1.54) is 24.5 Å². The number of benzene rings is 1. The van der Waals surface area contributed by atoms with Crippen molar-refractivity contribution in [2.75, 3.05) is 13.1 Å². The molecule has 3 aromatic heterocycles. The third-order valence-electron chi connectivity index (χ3n) is 6.70. The van der Waals surface area contributed by atoms with Crippen LogP contribution < -0.4 is 11.1 Å². The van der Waals surface area contributed by atoms with Gasteiger partial charge in [0.25, 0.3) is 10.0 Å². The highest BCUT2D eigenvalue weighted by Gasteiger charge is 2.44. The Labute approximate surface area is 195 Å². The number of nitrogens with two attached hydrogens (primary N) is 1. The normalized spacial score (nSPS) is 21.3. The first-order valence-corrected chi connectivity index (χ1v) is 12.5. The summed E-state index contributed by atoms with van der Waals surface area (Å²) in [6.07, 6.45) is 2.44. The standard InChI is InChI=1S/C23H25FN6O3S/c1-2-23(9-10-26-14-18(23)24)30-20(12-19(25)31)28-17-13-27-22-16(21(17)30)8-11-29(22)34(32,33)15-6-4-3-5-7-15/h3-8,11,13,18,26H,2,9-10,12,14H2,1H3,(H2,25,31)/t18-,23+/m0/s1. The molecule has 4 heterocycles. The van der Waals surface area contributed by atoms with Crippen molar-refractivity contribution < 1.29 is 17.6 Å². The van der Waals surface area contributed by atoms with Crippen LogP contribution in [0.25, 0.3) is 22.1 Å². The maximum Gasteiger partial charge on any atom is 0.269 e. The molecule has 0 aliphatic carbocycles. The van der Waals surface area contributed by atoms with E-state index in [1.54, 1.807) is 28.8 Å².